The lowest BCUT2D eigenvalue weighted by Gasteiger charge is -2.33. The van der Waals surface area contributed by atoms with Crippen molar-refractivity contribution in [2.45, 2.75) is 84.9 Å². The van der Waals surface area contributed by atoms with Crippen LogP contribution in [0.2, 0.25) is 0 Å². The number of halogens is 6. The number of nitrogens with one attached hydrogen (secondary N) is 1. The van der Waals surface area contributed by atoms with E-state index in [0.29, 0.717) is 46.5 Å². The molecule has 6 nitrogen and oxygen atoms in total. The van der Waals surface area contributed by atoms with Gasteiger partial charge in [0, 0.05) is 20.0 Å². The van der Waals surface area contributed by atoms with Crippen molar-refractivity contribution in [1.82, 2.24) is 14.9 Å². The van der Waals surface area contributed by atoms with Gasteiger partial charge in [0.05, 0.1) is 28.5 Å². The molecule has 0 spiro atoms. The minimum atomic E-state index is -4.87. The summed E-state index contributed by atoms with van der Waals surface area (Å²) in [6.45, 7) is 14.9. The van der Waals surface area contributed by atoms with Crippen molar-refractivity contribution in [2.24, 2.45) is 5.92 Å². The lowest BCUT2D eigenvalue weighted by atomic mass is 9.95. The second kappa shape index (κ2) is 17.7. The maximum absolute atomic E-state index is 15.3. The SMILES string of the molecule is C=C[C@H](c1c(Nc2ccc([C@H](N(C)C(=O)C(CCC)CCC)C(F)(F)F)cc2F)cnc2sc(C)nc12)C(F)F.C=O.CC.[HH]. The highest BCUT2D eigenvalue weighted by Gasteiger charge is 2.46. The Morgan fingerprint density at radius 1 is 1.14 bits per heavy atom. The minimum Gasteiger partial charge on any atom is -0.352 e. The van der Waals surface area contributed by atoms with Crippen LogP contribution in [0.25, 0.3) is 10.3 Å². The van der Waals surface area contributed by atoms with Crippen LogP contribution in [-0.4, -0.2) is 47.2 Å². The van der Waals surface area contributed by atoms with Crippen LogP contribution in [0.4, 0.5) is 37.7 Å². The summed E-state index contributed by atoms with van der Waals surface area (Å²) in [6, 6.07) is 0.493. The van der Waals surface area contributed by atoms with E-state index in [9.17, 15) is 26.7 Å². The van der Waals surface area contributed by atoms with Gasteiger partial charge in [-0.2, -0.15) is 13.2 Å². The van der Waals surface area contributed by atoms with Crippen LogP contribution in [0.15, 0.2) is 37.1 Å². The Morgan fingerprint density at radius 3 is 2.20 bits per heavy atom. The Kier molecular flexibility index (Phi) is 15.5. The van der Waals surface area contributed by atoms with Gasteiger partial charge < -0.3 is 15.0 Å². The highest BCUT2D eigenvalue weighted by molar-refractivity contribution is 7.18. The third kappa shape index (κ3) is 9.26. The van der Waals surface area contributed by atoms with Crippen LogP contribution in [-0.2, 0) is 9.59 Å². The van der Waals surface area contributed by atoms with Gasteiger partial charge in [0.15, 0.2) is 6.04 Å². The maximum atomic E-state index is 15.3. The van der Waals surface area contributed by atoms with Gasteiger partial charge in [-0.25, -0.2) is 23.1 Å². The van der Waals surface area contributed by atoms with E-state index in [2.05, 4.69) is 21.9 Å². The van der Waals surface area contributed by atoms with E-state index in [4.69, 9.17) is 4.79 Å². The molecule has 3 rings (SSSR count). The number of pyridine rings is 1. The number of amides is 1. The van der Waals surface area contributed by atoms with E-state index in [-0.39, 0.29) is 23.9 Å². The van der Waals surface area contributed by atoms with Crippen molar-refractivity contribution in [3.8, 4) is 0 Å². The van der Waals surface area contributed by atoms with Crippen LogP contribution < -0.4 is 5.32 Å². The predicted molar refractivity (Wildman–Crippen MR) is 166 cm³/mol. The average Bonchev–Trinajstić information content (AvgIpc) is 3.36. The number of alkyl halides is 5. The first-order chi connectivity index (χ1) is 20.8. The van der Waals surface area contributed by atoms with Crippen LogP contribution in [0.1, 0.15) is 82.9 Å². The number of hydrogen-bond donors (Lipinski definition) is 1. The Balaban J connectivity index is 0.00000372. The topological polar surface area (TPSA) is 75.2 Å². The smallest absolute Gasteiger partial charge is 0.352 e. The molecule has 3 aromatic rings. The van der Waals surface area contributed by atoms with E-state index in [1.807, 2.05) is 34.5 Å². The summed E-state index contributed by atoms with van der Waals surface area (Å²) < 4.78 is 85.8. The highest BCUT2D eigenvalue weighted by Crippen LogP contribution is 2.41. The zero-order valence-corrected chi connectivity index (χ0v) is 26.6. The lowest BCUT2D eigenvalue weighted by molar-refractivity contribution is -0.190. The molecule has 246 valence electrons. The Bertz CT molecular complexity index is 1370. The van der Waals surface area contributed by atoms with Crippen LogP contribution >= 0.6 is 11.3 Å². The van der Waals surface area contributed by atoms with E-state index in [0.717, 1.165) is 25.3 Å². The van der Waals surface area contributed by atoms with E-state index >= 15 is 4.39 Å². The summed E-state index contributed by atoms with van der Waals surface area (Å²) in [5.41, 5.74) is -0.422. The van der Waals surface area contributed by atoms with Gasteiger partial charge >= 0.3 is 6.18 Å². The van der Waals surface area contributed by atoms with Crippen molar-refractivity contribution < 1.29 is 37.4 Å². The second-order valence-corrected chi connectivity index (χ2v) is 10.8. The first-order valence-electron chi connectivity index (χ1n) is 14.2. The van der Waals surface area contributed by atoms with E-state index < -0.39 is 47.8 Å². The quantitative estimate of drug-likeness (QED) is 0.156. The molecule has 0 saturated heterocycles. The third-order valence-electron chi connectivity index (χ3n) is 6.68. The van der Waals surface area contributed by atoms with Gasteiger partial charge in [-0.15, -0.1) is 6.58 Å². The molecule has 1 amide bonds. The normalized spacial score (nSPS) is 12.6. The fourth-order valence-electron chi connectivity index (χ4n) is 4.87. The van der Waals surface area contributed by atoms with Gasteiger partial charge in [0.1, 0.15) is 23.0 Å². The lowest BCUT2D eigenvalue weighted by Crippen LogP contribution is -2.42. The molecule has 2 atom stereocenters. The van der Waals surface area contributed by atoms with E-state index in [1.54, 1.807) is 6.92 Å². The number of fused-ring (bicyclic) bond motifs is 1. The molecule has 1 N–H and O–H groups in total. The van der Waals surface area contributed by atoms with Crippen molar-refractivity contribution >= 4 is 45.8 Å². The van der Waals surface area contributed by atoms with Gasteiger partial charge in [0.25, 0.3) is 0 Å². The molecule has 0 radical (unpaired) electrons. The maximum Gasteiger partial charge on any atom is 0.413 e. The van der Waals surface area contributed by atoms with Crippen LogP contribution in [0, 0.1) is 18.7 Å². The standard InChI is InChI=1S/C28H32F6N4OS.C2H6.CH2O.H2/c1-6-9-16(10-7-2)27(39)38(5)24(28(32,33)34)17-11-12-20(19(29)13-17)37-21-14-35-26-23(36-15(4)40-26)22(21)18(8-3)25(30)31;2*1-2;/h8,11-14,16,18,24-25,37H,3,6-7,9-10H2,1-2,4-5H3;1-2H3;1H2;1H/t18-,24+;;;/m1.../s1. The first-order valence-corrected chi connectivity index (χ1v) is 15.0. The number of nitrogens with zero attached hydrogens (tertiary/aromatic N) is 3. The molecule has 0 fully saturated rings. The summed E-state index contributed by atoms with van der Waals surface area (Å²) in [5.74, 6) is -3.73. The van der Waals surface area contributed by atoms with Crippen molar-refractivity contribution in [1.29, 1.82) is 0 Å². The molecule has 0 unspecified atom stereocenters. The number of thiazole rings is 1. The fraction of sp³-hybridized carbons (Fsp3) is 0.484. The molecule has 2 aromatic heterocycles. The van der Waals surface area contributed by atoms with Crippen LogP contribution in [0.5, 0.6) is 0 Å². The molecule has 0 aliphatic heterocycles. The van der Waals surface area contributed by atoms with E-state index in [1.165, 1.54) is 17.5 Å². The minimum absolute atomic E-state index is 0. The van der Waals surface area contributed by atoms with Crippen LogP contribution in [0.3, 0.4) is 0 Å². The fourth-order valence-corrected chi connectivity index (χ4v) is 5.64. The Hall–Kier alpha value is -3.48. The molecule has 0 saturated carbocycles. The molecule has 0 aliphatic carbocycles. The number of rotatable bonds is 12. The van der Waals surface area contributed by atoms with Gasteiger partial charge in [-0.05, 0) is 37.5 Å². The Morgan fingerprint density at radius 2 is 1.73 bits per heavy atom. The number of allylic oxidation sites excluding steroid dienone is 1. The summed E-state index contributed by atoms with van der Waals surface area (Å²) >= 11 is 1.20. The number of hydrogen-bond acceptors (Lipinski definition) is 6. The van der Waals surface area contributed by atoms with Gasteiger partial charge in [0.2, 0.25) is 12.3 Å². The molecule has 2 heterocycles. The molecular weight excluding hydrogens is 606 g/mol. The van der Waals surface area contributed by atoms with Gasteiger partial charge in [-0.3, -0.25) is 4.79 Å². The predicted octanol–water partition coefficient (Wildman–Crippen LogP) is 9.78. The summed E-state index contributed by atoms with van der Waals surface area (Å²) in [4.78, 5) is 30.6. The number of aryl methyl sites for hydroxylation is 1. The number of benzene rings is 1. The van der Waals surface area contributed by atoms with Crippen molar-refractivity contribution in [3.05, 3.63) is 59.0 Å². The number of aromatic nitrogens is 2. The number of carbonyl (C=O) groups excluding carboxylic acids is 2. The first kappa shape index (κ1) is 38.5. The third-order valence-corrected chi connectivity index (χ3v) is 7.56. The number of anilines is 2. The molecule has 44 heavy (non-hydrogen) atoms. The molecule has 0 aliphatic rings. The molecule has 1 aromatic carbocycles. The van der Waals surface area contributed by atoms with Crippen molar-refractivity contribution in [3.63, 3.8) is 0 Å². The van der Waals surface area contributed by atoms with Crippen molar-refractivity contribution in [2.75, 3.05) is 12.4 Å². The highest BCUT2D eigenvalue weighted by atomic mass is 32.1. The summed E-state index contributed by atoms with van der Waals surface area (Å²) in [6.07, 6.45) is -3.23. The average molecular weight is 649 g/mol. The molecular formula is C31H42F6N4O2S. The summed E-state index contributed by atoms with van der Waals surface area (Å²) in [5, 5.41) is 3.29. The number of carbonyl (C=O) groups is 2. The molecule has 0 bridgehead atoms. The zero-order valence-electron chi connectivity index (χ0n) is 25.8. The largest absolute Gasteiger partial charge is 0.413 e. The second-order valence-electron chi connectivity index (χ2n) is 9.60. The monoisotopic (exact) mass is 648 g/mol. The summed E-state index contributed by atoms with van der Waals surface area (Å²) in [7, 11) is 1.08. The zero-order chi connectivity index (χ0) is 33.8. The molecule has 13 heteroatoms. The Labute approximate surface area is 260 Å². The van der Waals surface area contributed by atoms with Gasteiger partial charge in [-0.1, -0.05) is 64.0 Å².